The van der Waals surface area contributed by atoms with Crippen molar-refractivity contribution in [2.45, 2.75) is 35.3 Å². The maximum absolute atomic E-state index is 12.8. The topological polar surface area (TPSA) is 122 Å². The molecule has 0 spiro atoms. The number of anilines is 1. The molecule has 0 aliphatic carbocycles. The second-order valence-electron chi connectivity index (χ2n) is 5.81. The molecule has 1 atom stereocenters. The Morgan fingerprint density at radius 2 is 1.88 bits per heavy atom. The van der Waals surface area contributed by atoms with Gasteiger partial charge in [0, 0.05) is 12.5 Å². The van der Waals surface area contributed by atoms with Crippen LogP contribution in [-0.4, -0.2) is 26.2 Å². The van der Waals surface area contributed by atoms with Gasteiger partial charge in [0.25, 0.3) is 0 Å². The standard InChI is InChI=1S/C17H18N2O6S/c18-16-14(26(22,23)12-6-2-1-3-7-12)10-9-13(19(20)21)17(16)25-15-8-4-5-11-24-15/h1-3,6-7,9-10,15H,4-5,8,11,18H2. The Balaban J connectivity index is 2.08. The maximum atomic E-state index is 12.8. The minimum absolute atomic E-state index is 0.0421. The summed E-state index contributed by atoms with van der Waals surface area (Å²) in [6.45, 7) is 0.473. The van der Waals surface area contributed by atoms with Gasteiger partial charge in [-0.25, -0.2) is 8.42 Å². The van der Waals surface area contributed by atoms with Gasteiger partial charge in [-0.15, -0.1) is 0 Å². The van der Waals surface area contributed by atoms with Gasteiger partial charge in [0.1, 0.15) is 5.69 Å². The molecule has 1 saturated heterocycles. The van der Waals surface area contributed by atoms with Crippen LogP contribution in [0.2, 0.25) is 0 Å². The third kappa shape index (κ3) is 3.49. The minimum Gasteiger partial charge on any atom is -0.456 e. The second-order valence-corrected chi connectivity index (χ2v) is 7.73. The average molecular weight is 378 g/mol. The van der Waals surface area contributed by atoms with Gasteiger partial charge in [-0.1, -0.05) is 18.2 Å². The highest BCUT2D eigenvalue weighted by Gasteiger charge is 2.30. The number of nitrogens with zero attached hydrogens (tertiary/aromatic N) is 1. The zero-order valence-corrected chi connectivity index (χ0v) is 14.6. The van der Waals surface area contributed by atoms with Crippen molar-refractivity contribution in [1.29, 1.82) is 0 Å². The van der Waals surface area contributed by atoms with Gasteiger partial charge in [0.05, 0.1) is 21.3 Å². The van der Waals surface area contributed by atoms with E-state index in [0.717, 1.165) is 25.0 Å². The van der Waals surface area contributed by atoms with Crippen molar-refractivity contribution in [3.05, 3.63) is 52.6 Å². The van der Waals surface area contributed by atoms with Crippen molar-refractivity contribution in [3.63, 3.8) is 0 Å². The van der Waals surface area contributed by atoms with E-state index in [-0.39, 0.29) is 21.2 Å². The molecule has 26 heavy (non-hydrogen) atoms. The highest BCUT2D eigenvalue weighted by molar-refractivity contribution is 7.91. The number of benzene rings is 2. The van der Waals surface area contributed by atoms with E-state index >= 15 is 0 Å². The fourth-order valence-electron chi connectivity index (χ4n) is 2.73. The molecule has 0 amide bonds. The first-order chi connectivity index (χ1) is 12.4. The molecule has 2 aromatic carbocycles. The van der Waals surface area contributed by atoms with Crippen LogP contribution in [0.25, 0.3) is 0 Å². The molecule has 0 aromatic heterocycles. The Kier molecular flexibility index (Phi) is 5.10. The van der Waals surface area contributed by atoms with Crippen LogP contribution in [0.3, 0.4) is 0 Å². The van der Waals surface area contributed by atoms with Crippen molar-refractivity contribution in [3.8, 4) is 5.75 Å². The number of ether oxygens (including phenoxy) is 2. The second kappa shape index (κ2) is 7.30. The Labute approximate surface area is 150 Å². The quantitative estimate of drug-likeness (QED) is 0.482. The molecule has 9 heteroatoms. The van der Waals surface area contributed by atoms with E-state index in [1.54, 1.807) is 18.2 Å². The van der Waals surface area contributed by atoms with Crippen molar-refractivity contribution in [2.75, 3.05) is 12.3 Å². The predicted molar refractivity (Wildman–Crippen MR) is 93.6 cm³/mol. The van der Waals surface area contributed by atoms with Crippen LogP contribution in [0, 0.1) is 10.1 Å². The van der Waals surface area contributed by atoms with Crippen molar-refractivity contribution in [2.24, 2.45) is 0 Å². The van der Waals surface area contributed by atoms with Crippen LogP contribution < -0.4 is 10.5 Å². The van der Waals surface area contributed by atoms with Crippen LogP contribution >= 0.6 is 0 Å². The number of nitro benzene ring substituents is 1. The lowest BCUT2D eigenvalue weighted by Gasteiger charge is -2.24. The van der Waals surface area contributed by atoms with Crippen LogP contribution in [0.4, 0.5) is 11.4 Å². The van der Waals surface area contributed by atoms with Crippen molar-refractivity contribution in [1.82, 2.24) is 0 Å². The molecule has 0 saturated carbocycles. The molecule has 1 fully saturated rings. The molecule has 1 heterocycles. The molecule has 1 unspecified atom stereocenters. The highest BCUT2D eigenvalue weighted by Crippen LogP contribution is 2.40. The molecule has 138 valence electrons. The van der Waals surface area contributed by atoms with Crippen LogP contribution in [0.5, 0.6) is 5.75 Å². The predicted octanol–water partition coefficient (Wildman–Crippen LogP) is 2.92. The van der Waals surface area contributed by atoms with E-state index in [4.69, 9.17) is 15.2 Å². The SMILES string of the molecule is Nc1c(S(=O)(=O)c2ccccc2)ccc([N+](=O)[O-])c1OC1CCCCO1. The Morgan fingerprint density at radius 1 is 1.15 bits per heavy atom. The van der Waals surface area contributed by atoms with E-state index < -0.39 is 26.7 Å². The summed E-state index contributed by atoms with van der Waals surface area (Å²) in [6.07, 6.45) is 1.58. The van der Waals surface area contributed by atoms with E-state index in [1.807, 2.05) is 0 Å². The van der Waals surface area contributed by atoms with Gasteiger partial charge in [-0.05, 0) is 31.0 Å². The Hall–Kier alpha value is -2.65. The average Bonchev–Trinajstić information content (AvgIpc) is 2.64. The number of hydrogen-bond acceptors (Lipinski definition) is 7. The molecular weight excluding hydrogens is 360 g/mol. The molecule has 2 aromatic rings. The van der Waals surface area contributed by atoms with Gasteiger partial charge in [0.2, 0.25) is 15.6 Å². The number of nitrogens with two attached hydrogens (primary N) is 1. The molecule has 2 N–H and O–H groups in total. The van der Waals surface area contributed by atoms with Crippen LogP contribution in [-0.2, 0) is 14.6 Å². The molecule has 0 radical (unpaired) electrons. The lowest BCUT2D eigenvalue weighted by molar-refractivity contribution is -0.386. The minimum atomic E-state index is -3.94. The Morgan fingerprint density at radius 3 is 2.50 bits per heavy atom. The molecule has 8 nitrogen and oxygen atoms in total. The summed E-state index contributed by atoms with van der Waals surface area (Å²) < 4.78 is 36.7. The van der Waals surface area contributed by atoms with Gasteiger partial charge in [0.15, 0.2) is 6.29 Å². The summed E-state index contributed by atoms with van der Waals surface area (Å²) in [5.41, 5.74) is 5.30. The maximum Gasteiger partial charge on any atom is 0.313 e. The van der Waals surface area contributed by atoms with Crippen molar-refractivity contribution >= 4 is 21.2 Å². The van der Waals surface area contributed by atoms with Crippen LogP contribution in [0.1, 0.15) is 19.3 Å². The summed E-state index contributed by atoms with van der Waals surface area (Å²) in [4.78, 5) is 10.5. The molecular formula is C17H18N2O6S. The first kappa shape index (κ1) is 18.2. The fraction of sp³-hybridized carbons (Fsp3) is 0.294. The summed E-state index contributed by atoms with van der Waals surface area (Å²) in [5.74, 6) is -0.279. The number of sulfone groups is 1. The lowest BCUT2D eigenvalue weighted by atomic mass is 10.2. The molecule has 0 bridgehead atoms. The first-order valence-corrected chi connectivity index (χ1v) is 9.55. The van der Waals surface area contributed by atoms with Crippen molar-refractivity contribution < 1.29 is 22.8 Å². The van der Waals surface area contributed by atoms with E-state index in [9.17, 15) is 18.5 Å². The first-order valence-electron chi connectivity index (χ1n) is 8.06. The van der Waals surface area contributed by atoms with E-state index in [2.05, 4.69) is 0 Å². The smallest absolute Gasteiger partial charge is 0.313 e. The number of rotatable bonds is 5. The monoisotopic (exact) mass is 378 g/mol. The largest absolute Gasteiger partial charge is 0.456 e. The summed E-state index contributed by atoms with van der Waals surface area (Å²) in [6, 6.07) is 9.94. The van der Waals surface area contributed by atoms with Gasteiger partial charge < -0.3 is 15.2 Å². The third-order valence-electron chi connectivity index (χ3n) is 4.06. The number of hydrogen-bond donors (Lipinski definition) is 1. The highest BCUT2D eigenvalue weighted by atomic mass is 32.2. The number of nitro groups is 1. The zero-order chi connectivity index (χ0) is 18.7. The lowest BCUT2D eigenvalue weighted by Crippen LogP contribution is -2.26. The molecule has 1 aliphatic rings. The van der Waals surface area contributed by atoms with Crippen LogP contribution in [0.15, 0.2) is 52.3 Å². The zero-order valence-electron chi connectivity index (χ0n) is 13.8. The van der Waals surface area contributed by atoms with Gasteiger partial charge in [-0.3, -0.25) is 10.1 Å². The van der Waals surface area contributed by atoms with E-state index in [1.165, 1.54) is 12.1 Å². The van der Waals surface area contributed by atoms with Gasteiger partial charge in [-0.2, -0.15) is 0 Å². The number of nitrogen functional groups attached to an aromatic ring is 1. The summed E-state index contributed by atoms with van der Waals surface area (Å²) in [7, 11) is -3.94. The van der Waals surface area contributed by atoms with Gasteiger partial charge >= 0.3 is 5.69 Å². The fourth-order valence-corrected chi connectivity index (χ4v) is 4.13. The normalized spacial score (nSPS) is 17.6. The summed E-state index contributed by atoms with van der Waals surface area (Å²) in [5, 5.41) is 11.3. The molecule has 3 rings (SSSR count). The van der Waals surface area contributed by atoms with E-state index in [0.29, 0.717) is 13.0 Å². The third-order valence-corrected chi connectivity index (χ3v) is 5.89. The summed E-state index contributed by atoms with van der Waals surface area (Å²) >= 11 is 0. The molecule has 1 aliphatic heterocycles. The Bertz CT molecular complexity index is 908.